The predicted molar refractivity (Wildman–Crippen MR) is 85.2 cm³/mol. The lowest BCUT2D eigenvalue weighted by molar-refractivity contribution is -0.141. The number of benzene rings is 1. The third kappa shape index (κ3) is 2.59. The summed E-state index contributed by atoms with van der Waals surface area (Å²) in [5, 5.41) is 11.0. The molecule has 26 heavy (non-hydrogen) atoms. The first kappa shape index (κ1) is 16.8. The van der Waals surface area contributed by atoms with Crippen LogP contribution in [-0.2, 0) is 6.18 Å². The Morgan fingerprint density at radius 1 is 1.12 bits per heavy atom. The number of pyridine rings is 1. The number of nitrogens with one attached hydrogen (secondary N) is 1. The van der Waals surface area contributed by atoms with Crippen LogP contribution >= 0.6 is 11.6 Å². The highest BCUT2D eigenvalue weighted by Gasteiger charge is 2.35. The molecule has 134 valence electrons. The summed E-state index contributed by atoms with van der Waals surface area (Å²) in [5.74, 6) is 0. The summed E-state index contributed by atoms with van der Waals surface area (Å²) >= 11 is 6.16. The summed E-state index contributed by atoms with van der Waals surface area (Å²) < 4.78 is 66.4. The van der Waals surface area contributed by atoms with Crippen LogP contribution in [0.1, 0.15) is 17.7 Å². The van der Waals surface area contributed by atoms with Gasteiger partial charge in [-0.15, -0.1) is 0 Å². The Morgan fingerprint density at radius 2 is 1.88 bits per heavy atom. The van der Waals surface area contributed by atoms with Crippen LogP contribution in [0.15, 0.2) is 36.5 Å². The zero-order chi connectivity index (χ0) is 18.6. The Labute approximate surface area is 147 Å². The van der Waals surface area contributed by atoms with Crippen LogP contribution < -0.4 is 0 Å². The number of H-pyrrole nitrogens is 1. The van der Waals surface area contributed by atoms with Crippen LogP contribution in [0.25, 0.3) is 27.7 Å². The van der Waals surface area contributed by atoms with Gasteiger partial charge in [-0.1, -0.05) is 11.6 Å². The van der Waals surface area contributed by atoms with Gasteiger partial charge in [0, 0.05) is 16.5 Å². The Kier molecular flexibility index (Phi) is 3.65. The van der Waals surface area contributed by atoms with Crippen molar-refractivity contribution in [2.24, 2.45) is 0 Å². The molecule has 0 aliphatic rings. The summed E-state index contributed by atoms with van der Waals surface area (Å²) in [4.78, 5) is 0. The minimum atomic E-state index is -4.76. The van der Waals surface area contributed by atoms with Crippen molar-refractivity contribution in [1.82, 2.24) is 19.8 Å². The minimum absolute atomic E-state index is 0.199. The van der Waals surface area contributed by atoms with Crippen LogP contribution in [-0.4, -0.2) is 19.8 Å². The first-order valence-corrected chi connectivity index (χ1v) is 7.64. The molecule has 0 spiro atoms. The van der Waals surface area contributed by atoms with E-state index in [0.717, 1.165) is 10.6 Å². The summed E-state index contributed by atoms with van der Waals surface area (Å²) in [5.41, 5.74) is -0.911. The molecule has 3 aromatic heterocycles. The molecule has 0 fully saturated rings. The van der Waals surface area contributed by atoms with Crippen LogP contribution in [0.2, 0.25) is 5.02 Å². The molecule has 0 atom stereocenters. The third-order valence-corrected chi connectivity index (χ3v) is 4.27. The maximum absolute atomic E-state index is 13.2. The molecule has 3 heterocycles. The SMILES string of the molecule is FC(F)c1ccc(-c2cc(Cl)c3[nH]ncc3c2)n2nc(C(F)(F)F)cc12. The predicted octanol–water partition coefficient (Wildman–Crippen LogP) is 5.49. The highest BCUT2D eigenvalue weighted by molar-refractivity contribution is 6.35. The maximum Gasteiger partial charge on any atom is 0.435 e. The van der Waals surface area contributed by atoms with Gasteiger partial charge in [-0.05, 0) is 30.3 Å². The average Bonchev–Trinajstić information content (AvgIpc) is 3.19. The molecule has 1 N–H and O–H groups in total. The maximum atomic E-state index is 13.2. The first-order valence-electron chi connectivity index (χ1n) is 7.27. The molecule has 0 radical (unpaired) electrons. The number of alkyl halides is 5. The van der Waals surface area contributed by atoms with Crippen molar-refractivity contribution in [2.45, 2.75) is 12.6 Å². The van der Waals surface area contributed by atoms with E-state index in [1.807, 2.05) is 0 Å². The van der Waals surface area contributed by atoms with Gasteiger partial charge >= 0.3 is 6.18 Å². The summed E-state index contributed by atoms with van der Waals surface area (Å²) in [6, 6.07) is 6.14. The second kappa shape index (κ2) is 5.66. The number of fused-ring (bicyclic) bond motifs is 2. The fraction of sp³-hybridized carbons (Fsp3) is 0.125. The second-order valence-corrected chi connectivity index (χ2v) is 6.00. The molecule has 0 saturated carbocycles. The quantitative estimate of drug-likeness (QED) is 0.463. The van der Waals surface area contributed by atoms with Crippen molar-refractivity contribution in [2.75, 3.05) is 0 Å². The van der Waals surface area contributed by atoms with Gasteiger partial charge in [0.2, 0.25) is 0 Å². The van der Waals surface area contributed by atoms with Crippen LogP contribution in [0, 0.1) is 0 Å². The van der Waals surface area contributed by atoms with E-state index in [2.05, 4.69) is 15.3 Å². The smallest absolute Gasteiger partial charge is 0.276 e. The van der Waals surface area contributed by atoms with E-state index in [1.165, 1.54) is 18.3 Å². The molecule has 0 aliphatic heterocycles. The van der Waals surface area contributed by atoms with Gasteiger partial charge in [0.05, 0.1) is 27.9 Å². The molecule has 0 unspecified atom stereocenters. The van der Waals surface area contributed by atoms with Gasteiger partial charge in [-0.2, -0.15) is 23.4 Å². The van der Waals surface area contributed by atoms with Crippen molar-refractivity contribution in [3.8, 4) is 11.3 Å². The fourth-order valence-corrected chi connectivity index (χ4v) is 3.07. The number of hydrogen-bond donors (Lipinski definition) is 1. The number of hydrogen-bond acceptors (Lipinski definition) is 2. The Bertz CT molecular complexity index is 1130. The molecule has 1 aromatic carbocycles. The van der Waals surface area contributed by atoms with Gasteiger partial charge in [-0.3, -0.25) is 5.10 Å². The number of aromatic nitrogens is 4. The summed E-state index contributed by atoms with van der Waals surface area (Å²) in [6.07, 6.45) is -6.20. The number of halogens is 6. The van der Waals surface area contributed by atoms with Crippen molar-refractivity contribution < 1.29 is 22.0 Å². The monoisotopic (exact) mass is 386 g/mol. The Morgan fingerprint density at radius 3 is 2.58 bits per heavy atom. The van der Waals surface area contributed by atoms with Crippen molar-refractivity contribution >= 4 is 28.0 Å². The lowest BCUT2D eigenvalue weighted by Crippen LogP contribution is -2.06. The fourth-order valence-electron chi connectivity index (χ4n) is 2.80. The van der Waals surface area contributed by atoms with Crippen molar-refractivity contribution in [3.63, 3.8) is 0 Å². The van der Waals surface area contributed by atoms with E-state index in [9.17, 15) is 22.0 Å². The van der Waals surface area contributed by atoms with Crippen LogP contribution in [0.3, 0.4) is 0 Å². The van der Waals surface area contributed by atoms with Crippen LogP contribution in [0.4, 0.5) is 22.0 Å². The molecule has 4 aromatic rings. The standard InChI is InChI=1S/C16H8ClF5N4/c17-10-4-7(3-8-6-23-24-14(8)10)11-2-1-9(15(18)19)12-5-13(16(20,21)22)25-26(11)12/h1-6,15H,(H,23,24). The molecule has 4 nitrogen and oxygen atoms in total. The zero-order valence-electron chi connectivity index (χ0n) is 12.7. The van der Waals surface area contributed by atoms with E-state index >= 15 is 0 Å². The summed E-state index contributed by atoms with van der Waals surface area (Å²) in [6.45, 7) is 0. The molecule has 0 amide bonds. The number of nitrogens with zero attached hydrogens (tertiary/aromatic N) is 3. The Hall–Kier alpha value is -2.68. The van der Waals surface area contributed by atoms with E-state index in [4.69, 9.17) is 11.6 Å². The minimum Gasteiger partial charge on any atom is -0.276 e. The van der Waals surface area contributed by atoms with Crippen molar-refractivity contribution in [3.05, 3.63) is 52.8 Å². The van der Waals surface area contributed by atoms with E-state index < -0.39 is 23.9 Å². The first-order chi connectivity index (χ1) is 12.3. The number of aromatic amines is 1. The van der Waals surface area contributed by atoms with Gasteiger partial charge in [-0.25, -0.2) is 13.3 Å². The molecule has 10 heteroatoms. The number of rotatable bonds is 2. The van der Waals surface area contributed by atoms with Gasteiger partial charge in [0.15, 0.2) is 5.69 Å². The van der Waals surface area contributed by atoms with E-state index in [1.54, 1.807) is 6.07 Å². The topological polar surface area (TPSA) is 46.0 Å². The molecular weight excluding hydrogens is 379 g/mol. The molecule has 4 rings (SSSR count). The molecule has 0 bridgehead atoms. The lowest BCUT2D eigenvalue weighted by atomic mass is 10.1. The molecular formula is C16H8ClF5N4. The highest BCUT2D eigenvalue weighted by atomic mass is 35.5. The van der Waals surface area contributed by atoms with Crippen molar-refractivity contribution in [1.29, 1.82) is 0 Å². The zero-order valence-corrected chi connectivity index (χ0v) is 13.4. The Balaban J connectivity index is 2.02. The summed E-state index contributed by atoms with van der Waals surface area (Å²) in [7, 11) is 0. The van der Waals surface area contributed by atoms with Gasteiger partial charge < -0.3 is 0 Å². The average molecular weight is 387 g/mol. The van der Waals surface area contributed by atoms with E-state index in [-0.39, 0.29) is 11.2 Å². The van der Waals surface area contributed by atoms with Gasteiger partial charge in [0.25, 0.3) is 6.43 Å². The normalized spacial score (nSPS) is 12.6. The third-order valence-electron chi connectivity index (χ3n) is 3.98. The highest BCUT2D eigenvalue weighted by Crippen LogP contribution is 2.36. The van der Waals surface area contributed by atoms with E-state index in [0.29, 0.717) is 27.6 Å². The lowest BCUT2D eigenvalue weighted by Gasteiger charge is -2.10. The van der Waals surface area contributed by atoms with Crippen LogP contribution in [0.5, 0.6) is 0 Å². The second-order valence-electron chi connectivity index (χ2n) is 5.59. The molecule has 0 saturated heterocycles. The van der Waals surface area contributed by atoms with Gasteiger partial charge in [0.1, 0.15) is 0 Å². The molecule has 0 aliphatic carbocycles. The largest absolute Gasteiger partial charge is 0.435 e.